The van der Waals surface area contributed by atoms with E-state index in [4.69, 9.17) is 0 Å². The van der Waals surface area contributed by atoms with Gasteiger partial charge in [-0.3, -0.25) is 14.4 Å². The van der Waals surface area contributed by atoms with Gasteiger partial charge >= 0.3 is 0 Å². The minimum atomic E-state index is -0.443. The Morgan fingerprint density at radius 2 is 2.04 bits per heavy atom. The van der Waals surface area contributed by atoms with Crippen molar-refractivity contribution in [3.8, 4) is 0 Å². The average molecular weight is 404 g/mol. The fraction of sp³-hybridized carbons (Fsp3) is 0.278. The lowest BCUT2D eigenvalue weighted by Crippen LogP contribution is -2.30. The first kappa shape index (κ1) is 17.4. The molecule has 1 saturated heterocycles. The number of carbonyl (C=O) groups is 2. The maximum Gasteiger partial charge on any atom is 0.271 e. The first-order chi connectivity index (χ1) is 12.0. The molecular weight excluding hydrogens is 386 g/mol. The van der Waals surface area contributed by atoms with Gasteiger partial charge in [-0.15, -0.1) is 0 Å². The van der Waals surface area contributed by atoms with Gasteiger partial charge in [-0.25, -0.2) is 0 Å². The van der Waals surface area contributed by atoms with Crippen LogP contribution in [0.3, 0.4) is 0 Å². The van der Waals surface area contributed by atoms with Crippen molar-refractivity contribution in [3.63, 3.8) is 0 Å². The first-order valence-corrected chi connectivity index (χ1v) is 8.83. The first-order valence-electron chi connectivity index (χ1n) is 8.04. The van der Waals surface area contributed by atoms with Crippen LogP contribution in [0.1, 0.15) is 12.0 Å². The van der Waals surface area contributed by atoms with Gasteiger partial charge in [0.15, 0.2) is 0 Å². The second-order valence-corrected chi connectivity index (χ2v) is 6.94. The number of carbonyl (C=O) groups excluding carboxylic acids is 2. The highest BCUT2D eigenvalue weighted by molar-refractivity contribution is 9.10. The number of aromatic nitrogens is 1. The molecule has 2 aromatic rings. The van der Waals surface area contributed by atoms with Gasteiger partial charge in [-0.2, -0.15) is 0 Å². The van der Waals surface area contributed by atoms with E-state index in [1.165, 1.54) is 6.20 Å². The minimum Gasteiger partial charge on any atom is -0.342 e. The summed E-state index contributed by atoms with van der Waals surface area (Å²) in [5.41, 5.74) is 0.959. The molecule has 2 N–H and O–H groups in total. The summed E-state index contributed by atoms with van der Waals surface area (Å²) in [7, 11) is 0. The van der Waals surface area contributed by atoms with Crippen molar-refractivity contribution >= 4 is 33.4 Å². The van der Waals surface area contributed by atoms with Gasteiger partial charge in [0.25, 0.3) is 5.56 Å². The molecule has 1 aliphatic rings. The van der Waals surface area contributed by atoms with Gasteiger partial charge in [0.2, 0.25) is 11.8 Å². The Balaban J connectivity index is 1.59. The molecule has 1 aromatic heterocycles. The standard InChI is InChI=1S/C18H18BrN3O3/c19-14-9-15(18(25)20-10-14)21-17(24)13-8-16(23)22(11-13)7-6-12-4-2-1-3-5-12/h1-5,9-10,13H,6-8,11H2,(H,20,25)(H,21,24). The monoisotopic (exact) mass is 403 g/mol. The van der Waals surface area contributed by atoms with Gasteiger partial charge < -0.3 is 15.2 Å². The maximum atomic E-state index is 12.4. The molecule has 1 unspecified atom stereocenters. The van der Waals surface area contributed by atoms with E-state index < -0.39 is 5.92 Å². The van der Waals surface area contributed by atoms with E-state index in [2.05, 4.69) is 26.2 Å². The third kappa shape index (κ3) is 4.36. The van der Waals surface area contributed by atoms with Gasteiger partial charge in [-0.1, -0.05) is 30.3 Å². The lowest BCUT2D eigenvalue weighted by atomic mass is 10.1. The summed E-state index contributed by atoms with van der Waals surface area (Å²) < 4.78 is 0.661. The number of benzene rings is 1. The Morgan fingerprint density at radius 3 is 2.80 bits per heavy atom. The highest BCUT2D eigenvalue weighted by Crippen LogP contribution is 2.20. The second-order valence-electron chi connectivity index (χ2n) is 6.03. The molecular formula is C18H18BrN3O3. The van der Waals surface area contributed by atoms with Crippen LogP contribution < -0.4 is 10.9 Å². The van der Waals surface area contributed by atoms with Gasteiger partial charge in [-0.05, 0) is 34.0 Å². The van der Waals surface area contributed by atoms with Crippen molar-refractivity contribution in [1.29, 1.82) is 0 Å². The smallest absolute Gasteiger partial charge is 0.271 e. The number of anilines is 1. The zero-order chi connectivity index (χ0) is 17.8. The molecule has 1 atom stereocenters. The van der Waals surface area contributed by atoms with Crippen LogP contribution >= 0.6 is 15.9 Å². The van der Waals surface area contributed by atoms with E-state index in [0.29, 0.717) is 17.6 Å². The van der Waals surface area contributed by atoms with Gasteiger partial charge in [0.05, 0.1) is 5.92 Å². The molecule has 1 aromatic carbocycles. The van der Waals surface area contributed by atoms with Crippen molar-refractivity contribution in [2.45, 2.75) is 12.8 Å². The van der Waals surface area contributed by atoms with E-state index in [-0.39, 0.29) is 29.5 Å². The highest BCUT2D eigenvalue weighted by Gasteiger charge is 2.34. The normalized spacial score (nSPS) is 16.9. The summed E-state index contributed by atoms with van der Waals surface area (Å²) in [6.07, 6.45) is 2.43. The largest absolute Gasteiger partial charge is 0.342 e. The fourth-order valence-corrected chi connectivity index (χ4v) is 3.20. The van der Waals surface area contributed by atoms with E-state index in [1.54, 1.807) is 11.0 Å². The maximum absolute atomic E-state index is 12.4. The molecule has 25 heavy (non-hydrogen) atoms. The Labute approximate surface area is 153 Å². The Kier molecular flexibility index (Phi) is 5.33. The SMILES string of the molecule is O=C(Nc1cc(Br)c[nH]c1=O)C1CC(=O)N(CCc2ccccc2)C1. The number of H-pyrrole nitrogens is 1. The van der Waals surface area contributed by atoms with E-state index in [0.717, 1.165) is 12.0 Å². The van der Waals surface area contributed by atoms with Crippen molar-refractivity contribution < 1.29 is 9.59 Å². The van der Waals surface area contributed by atoms with Crippen molar-refractivity contribution in [3.05, 3.63) is 63.0 Å². The number of hydrogen-bond acceptors (Lipinski definition) is 3. The van der Waals surface area contributed by atoms with Crippen LogP contribution in [-0.2, 0) is 16.0 Å². The molecule has 0 bridgehead atoms. The van der Waals surface area contributed by atoms with Crippen molar-refractivity contribution in [1.82, 2.24) is 9.88 Å². The minimum absolute atomic E-state index is 0.0285. The average Bonchev–Trinajstić information content (AvgIpc) is 2.98. The number of hydrogen-bond donors (Lipinski definition) is 2. The van der Waals surface area contributed by atoms with Crippen LogP contribution in [0.5, 0.6) is 0 Å². The van der Waals surface area contributed by atoms with Gasteiger partial charge in [0.1, 0.15) is 5.69 Å². The Morgan fingerprint density at radius 1 is 1.28 bits per heavy atom. The molecule has 2 amide bonds. The molecule has 0 spiro atoms. The number of halogens is 1. The molecule has 7 heteroatoms. The van der Waals surface area contributed by atoms with Crippen LogP contribution in [0.4, 0.5) is 5.69 Å². The molecule has 6 nitrogen and oxygen atoms in total. The second kappa shape index (κ2) is 7.65. The zero-order valence-corrected chi connectivity index (χ0v) is 15.1. The van der Waals surface area contributed by atoms with E-state index >= 15 is 0 Å². The summed E-state index contributed by atoms with van der Waals surface area (Å²) >= 11 is 3.25. The third-order valence-corrected chi connectivity index (χ3v) is 4.68. The fourth-order valence-electron chi connectivity index (χ4n) is 2.86. The molecule has 1 fully saturated rings. The quantitative estimate of drug-likeness (QED) is 0.802. The number of nitrogens with zero attached hydrogens (tertiary/aromatic N) is 1. The summed E-state index contributed by atoms with van der Waals surface area (Å²) in [5, 5.41) is 2.62. The van der Waals surface area contributed by atoms with Gasteiger partial charge in [0, 0.05) is 30.2 Å². The topological polar surface area (TPSA) is 82.3 Å². The molecule has 0 aliphatic carbocycles. The predicted molar refractivity (Wildman–Crippen MR) is 98.2 cm³/mol. The number of likely N-dealkylation sites (tertiary alicyclic amines) is 1. The number of nitrogens with one attached hydrogen (secondary N) is 2. The molecule has 1 aliphatic heterocycles. The third-order valence-electron chi connectivity index (χ3n) is 4.22. The van der Waals surface area contributed by atoms with Crippen LogP contribution in [0.2, 0.25) is 0 Å². The van der Waals surface area contributed by atoms with Crippen molar-refractivity contribution in [2.24, 2.45) is 5.92 Å². The lowest BCUT2D eigenvalue weighted by Gasteiger charge is -2.16. The highest BCUT2D eigenvalue weighted by atomic mass is 79.9. The molecule has 130 valence electrons. The predicted octanol–water partition coefficient (Wildman–Crippen LogP) is 2.17. The number of pyridine rings is 1. The van der Waals surface area contributed by atoms with E-state index in [1.807, 2.05) is 30.3 Å². The Bertz CT molecular complexity index is 835. The molecule has 3 rings (SSSR count). The molecule has 2 heterocycles. The number of amides is 2. The lowest BCUT2D eigenvalue weighted by molar-refractivity contribution is -0.128. The zero-order valence-electron chi connectivity index (χ0n) is 13.5. The summed E-state index contributed by atoms with van der Waals surface area (Å²) in [6.45, 7) is 0.966. The Hall–Kier alpha value is -2.41. The van der Waals surface area contributed by atoms with Crippen LogP contribution in [0, 0.1) is 5.92 Å². The number of rotatable bonds is 5. The summed E-state index contributed by atoms with van der Waals surface area (Å²) in [5.74, 6) is -0.778. The number of aromatic amines is 1. The van der Waals surface area contributed by atoms with E-state index in [9.17, 15) is 14.4 Å². The molecule has 0 radical (unpaired) electrons. The van der Waals surface area contributed by atoms with Crippen LogP contribution in [0.25, 0.3) is 0 Å². The summed E-state index contributed by atoms with van der Waals surface area (Å²) in [4.78, 5) is 40.5. The van der Waals surface area contributed by atoms with Crippen LogP contribution in [0.15, 0.2) is 51.9 Å². The summed E-state index contributed by atoms with van der Waals surface area (Å²) in [6, 6.07) is 11.5. The van der Waals surface area contributed by atoms with Crippen molar-refractivity contribution in [2.75, 3.05) is 18.4 Å². The van der Waals surface area contributed by atoms with Crippen LogP contribution in [-0.4, -0.2) is 34.8 Å². The molecule has 0 saturated carbocycles.